The van der Waals surface area contributed by atoms with Crippen molar-refractivity contribution < 1.29 is 4.79 Å². The lowest BCUT2D eigenvalue weighted by molar-refractivity contribution is -0.121. The van der Waals surface area contributed by atoms with Crippen LogP contribution < -0.4 is 10.6 Å². The summed E-state index contributed by atoms with van der Waals surface area (Å²) < 4.78 is 0. The maximum absolute atomic E-state index is 11.4. The minimum Gasteiger partial charge on any atom is -0.356 e. The smallest absolute Gasteiger partial charge is 0.221 e. The largest absolute Gasteiger partial charge is 0.356 e. The number of rotatable bonds is 4. The second-order valence-corrected chi connectivity index (χ2v) is 6.26. The highest BCUT2D eigenvalue weighted by Crippen LogP contribution is 2.29. The molecule has 3 nitrogen and oxygen atoms in total. The molecule has 0 bridgehead atoms. The molecule has 1 heterocycles. The molecule has 0 aromatic carbocycles. The first-order chi connectivity index (χ1) is 8.74. The predicted octanol–water partition coefficient (Wildman–Crippen LogP) is 2.46. The third-order valence-electron chi connectivity index (χ3n) is 4.60. The maximum atomic E-state index is 11.4. The fourth-order valence-electron chi connectivity index (χ4n) is 3.26. The maximum Gasteiger partial charge on any atom is 0.221 e. The quantitative estimate of drug-likeness (QED) is 0.807. The van der Waals surface area contributed by atoms with Crippen LogP contribution in [0.2, 0.25) is 0 Å². The van der Waals surface area contributed by atoms with Crippen LogP contribution in [0.4, 0.5) is 0 Å². The van der Waals surface area contributed by atoms with E-state index in [1.807, 2.05) is 0 Å². The van der Waals surface area contributed by atoms with Crippen LogP contribution >= 0.6 is 0 Å². The lowest BCUT2D eigenvalue weighted by Gasteiger charge is -2.26. The molecule has 2 fully saturated rings. The molecule has 2 N–H and O–H groups in total. The molecule has 1 unspecified atom stereocenters. The van der Waals surface area contributed by atoms with Crippen molar-refractivity contribution in [2.24, 2.45) is 11.8 Å². The van der Waals surface area contributed by atoms with E-state index in [-0.39, 0.29) is 5.91 Å². The van der Waals surface area contributed by atoms with E-state index in [1.165, 1.54) is 32.1 Å². The van der Waals surface area contributed by atoms with Crippen LogP contribution in [0, 0.1) is 11.8 Å². The summed E-state index contributed by atoms with van der Waals surface area (Å²) in [5, 5.41) is 6.53. The number of nitrogens with one attached hydrogen (secondary N) is 2. The Hall–Kier alpha value is -0.570. The number of carbonyl (C=O) groups is 1. The van der Waals surface area contributed by atoms with E-state index in [2.05, 4.69) is 17.6 Å². The Morgan fingerprint density at radius 2 is 2.00 bits per heavy atom. The van der Waals surface area contributed by atoms with Crippen molar-refractivity contribution in [3.8, 4) is 0 Å². The fourth-order valence-corrected chi connectivity index (χ4v) is 3.26. The van der Waals surface area contributed by atoms with Crippen molar-refractivity contribution in [1.82, 2.24) is 10.6 Å². The molecule has 0 spiro atoms. The van der Waals surface area contributed by atoms with Crippen LogP contribution in [0.5, 0.6) is 0 Å². The number of amides is 1. The molecule has 2 rings (SSSR count). The second-order valence-electron chi connectivity index (χ2n) is 6.26. The third-order valence-corrected chi connectivity index (χ3v) is 4.60. The SMILES string of the molecule is CC1CCC(CCNC2CCCNC(=O)C2)CC1. The van der Waals surface area contributed by atoms with Crippen LogP contribution in [-0.2, 0) is 4.79 Å². The van der Waals surface area contributed by atoms with Crippen LogP contribution in [-0.4, -0.2) is 25.0 Å². The summed E-state index contributed by atoms with van der Waals surface area (Å²) in [7, 11) is 0. The molecule has 1 saturated heterocycles. The van der Waals surface area contributed by atoms with E-state index in [9.17, 15) is 4.79 Å². The first-order valence-electron chi connectivity index (χ1n) is 7.74. The van der Waals surface area contributed by atoms with Crippen molar-refractivity contribution in [3.05, 3.63) is 0 Å². The van der Waals surface area contributed by atoms with Gasteiger partial charge in [0.2, 0.25) is 5.91 Å². The summed E-state index contributed by atoms with van der Waals surface area (Å²) in [6.07, 6.45) is 9.87. The van der Waals surface area contributed by atoms with Gasteiger partial charge >= 0.3 is 0 Å². The van der Waals surface area contributed by atoms with Gasteiger partial charge in [0.1, 0.15) is 0 Å². The monoisotopic (exact) mass is 252 g/mol. The van der Waals surface area contributed by atoms with Gasteiger partial charge in [0.15, 0.2) is 0 Å². The highest BCUT2D eigenvalue weighted by Gasteiger charge is 2.19. The van der Waals surface area contributed by atoms with Gasteiger partial charge in [-0.1, -0.05) is 32.6 Å². The van der Waals surface area contributed by atoms with E-state index in [0.29, 0.717) is 12.5 Å². The zero-order valence-electron chi connectivity index (χ0n) is 11.7. The molecule has 104 valence electrons. The van der Waals surface area contributed by atoms with Crippen LogP contribution in [0.25, 0.3) is 0 Å². The number of carbonyl (C=O) groups excluding carboxylic acids is 1. The van der Waals surface area contributed by atoms with Crippen molar-refractivity contribution >= 4 is 5.91 Å². The van der Waals surface area contributed by atoms with E-state index >= 15 is 0 Å². The zero-order valence-corrected chi connectivity index (χ0v) is 11.7. The molecule has 0 aromatic heterocycles. The summed E-state index contributed by atoms with van der Waals surface area (Å²) in [6.45, 7) is 4.33. The van der Waals surface area contributed by atoms with Crippen LogP contribution in [0.15, 0.2) is 0 Å². The summed E-state index contributed by atoms with van der Waals surface area (Å²) in [4.78, 5) is 11.4. The van der Waals surface area contributed by atoms with Crippen LogP contribution in [0.3, 0.4) is 0 Å². The molecular formula is C15H28N2O. The lowest BCUT2D eigenvalue weighted by Crippen LogP contribution is -2.34. The third kappa shape index (κ3) is 4.60. The van der Waals surface area contributed by atoms with Gasteiger partial charge in [0.05, 0.1) is 0 Å². The van der Waals surface area contributed by atoms with Crippen molar-refractivity contribution in [2.75, 3.05) is 13.1 Å². The van der Waals surface area contributed by atoms with Gasteiger partial charge in [-0.05, 0) is 37.6 Å². The average molecular weight is 252 g/mol. The first-order valence-corrected chi connectivity index (χ1v) is 7.74. The second kappa shape index (κ2) is 7.13. The van der Waals surface area contributed by atoms with E-state index in [0.717, 1.165) is 37.8 Å². The van der Waals surface area contributed by atoms with Crippen LogP contribution in [0.1, 0.15) is 58.3 Å². The van der Waals surface area contributed by atoms with E-state index in [4.69, 9.17) is 0 Å². The van der Waals surface area contributed by atoms with Gasteiger partial charge < -0.3 is 10.6 Å². The van der Waals surface area contributed by atoms with E-state index < -0.39 is 0 Å². The Bertz CT molecular complexity index is 259. The number of hydrogen-bond acceptors (Lipinski definition) is 2. The standard InChI is InChI=1S/C15H28N2O/c1-12-4-6-13(7-5-12)8-10-16-14-3-2-9-17-15(18)11-14/h12-14,16H,2-11H2,1H3,(H,17,18). The van der Waals surface area contributed by atoms with Crippen molar-refractivity contribution in [1.29, 1.82) is 0 Å². The molecule has 1 atom stereocenters. The summed E-state index contributed by atoms with van der Waals surface area (Å²) in [6, 6.07) is 0.412. The Kier molecular flexibility index (Phi) is 5.48. The molecule has 0 aromatic rings. The normalized spacial score (nSPS) is 33.8. The Balaban J connectivity index is 1.61. The van der Waals surface area contributed by atoms with E-state index in [1.54, 1.807) is 0 Å². The van der Waals surface area contributed by atoms with Gasteiger partial charge in [-0.25, -0.2) is 0 Å². The zero-order chi connectivity index (χ0) is 12.8. The molecule has 1 aliphatic carbocycles. The highest BCUT2D eigenvalue weighted by atomic mass is 16.1. The van der Waals surface area contributed by atoms with Gasteiger partial charge in [-0.3, -0.25) is 4.79 Å². The number of hydrogen-bond donors (Lipinski definition) is 2. The molecule has 1 saturated carbocycles. The molecule has 18 heavy (non-hydrogen) atoms. The lowest BCUT2D eigenvalue weighted by atomic mass is 9.81. The van der Waals surface area contributed by atoms with Gasteiger partial charge in [0, 0.05) is 19.0 Å². The van der Waals surface area contributed by atoms with Gasteiger partial charge in [-0.2, -0.15) is 0 Å². The summed E-state index contributed by atoms with van der Waals surface area (Å²) in [5.41, 5.74) is 0. The summed E-state index contributed by atoms with van der Waals surface area (Å²) >= 11 is 0. The molecule has 1 amide bonds. The summed E-state index contributed by atoms with van der Waals surface area (Å²) in [5.74, 6) is 2.09. The molecule has 2 aliphatic rings. The van der Waals surface area contributed by atoms with Crippen molar-refractivity contribution in [2.45, 2.75) is 64.3 Å². The minimum atomic E-state index is 0.219. The minimum absolute atomic E-state index is 0.219. The Labute approximate surface area is 111 Å². The Morgan fingerprint density at radius 1 is 1.22 bits per heavy atom. The van der Waals surface area contributed by atoms with Crippen molar-refractivity contribution in [3.63, 3.8) is 0 Å². The molecule has 1 aliphatic heterocycles. The van der Waals surface area contributed by atoms with Gasteiger partial charge in [0.25, 0.3) is 0 Å². The molecular weight excluding hydrogens is 224 g/mol. The van der Waals surface area contributed by atoms with Gasteiger partial charge in [-0.15, -0.1) is 0 Å². The average Bonchev–Trinajstić information content (AvgIpc) is 2.56. The predicted molar refractivity (Wildman–Crippen MR) is 74.4 cm³/mol. The molecule has 0 radical (unpaired) electrons. The first kappa shape index (κ1) is 13.9. The Morgan fingerprint density at radius 3 is 2.78 bits per heavy atom. The topological polar surface area (TPSA) is 41.1 Å². The highest BCUT2D eigenvalue weighted by molar-refractivity contribution is 5.76. The molecule has 3 heteroatoms. The fraction of sp³-hybridized carbons (Fsp3) is 0.933.